The third-order valence-electron chi connectivity index (χ3n) is 3.39. The molecule has 72 valence electrons. The summed E-state index contributed by atoms with van der Waals surface area (Å²) in [6.07, 6.45) is 5.91. The molecule has 0 heterocycles. The van der Waals surface area contributed by atoms with E-state index in [1.54, 1.807) is 0 Å². The number of hydrogen-bond donors (Lipinski definition) is 0. The minimum Gasteiger partial charge on any atom is -0.110 e. The average Bonchev–Trinajstić information content (AvgIpc) is 2.03. The van der Waals surface area contributed by atoms with Crippen LogP contribution >= 0.6 is 7.92 Å². The second kappa shape index (κ2) is 4.61. The molecule has 1 heteroatoms. The lowest BCUT2D eigenvalue weighted by Crippen LogP contribution is -2.26. The molecule has 3 unspecified atom stereocenters. The van der Waals surface area contributed by atoms with Gasteiger partial charge in [0, 0.05) is 0 Å². The average molecular weight is 186 g/mol. The van der Waals surface area contributed by atoms with Gasteiger partial charge in [-0.2, -0.15) is 0 Å². The fourth-order valence-electron chi connectivity index (χ4n) is 2.60. The summed E-state index contributed by atoms with van der Waals surface area (Å²) in [5.41, 5.74) is 1.08. The van der Waals surface area contributed by atoms with Crippen LogP contribution in [0, 0.1) is 11.8 Å². The summed E-state index contributed by atoms with van der Waals surface area (Å²) < 4.78 is 0. The van der Waals surface area contributed by atoms with Gasteiger partial charge in [0.1, 0.15) is 0 Å². The molecular weight excluding hydrogens is 163 g/mol. The molecule has 0 N–H and O–H groups in total. The van der Waals surface area contributed by atoms with Crippen LogP contribution in [0.1, 0.15) is 39.5 Å². The molecule has 1 aliphatic carbocycles. The van der Waals surface area contributed by atoms with Crippen molar-refractivity contribution in [2.45, 2.75) is 45.2 Å². The van der Waals surface area contributed by atoms with Gasteiger partial charge in [0.25, 0.3) is 0 Å². The molecule has 3 atom stereocenters. The van der Waals surface area contributed by atoms with Crippen molar-refractivity contribution < 1.29 is 0 Å². The molecule has 0 bridgehead atoms. The van der Waals surface area contributed by atoms with E-state index in [1.165, 1.54) is 25.7 Å². The molecule has 0 saturated heterocycles. The molecule has 12 heavy (non-hydrogen) atoms. The van der Waals surface area contributed by atoms with Crippen LogP contribution in [0.3, 0.4) is 0 Å². The van der Waals surface area contributed by atoms with Crippen LogP contribution in [0.25, 0.3) is 0 Å². The van der Waals surface area contributed by atoms with E-state index in [-0.39, 0.29) is 0 Å². The molecule has 0 radical (unpaired) electrons. The number of hydrogen-bond acceptors (Lipinski definition) is 0. The highest BCUT2D eigenvalue weighted by Gasteiger charge is 2.28. The second-order valence-electron chi connectivity index (χ2n) is 4.62. The Labute approximate surface area is 78.9 Å². The Morgan fingerprint density at radius 1 is 1.25 bits per heavy atom. The van der Waals surface area contributed by atoms with E-state index in [2.05, 4.69) is 27.2 Å². The second-order valence-corrected chi connectivity index (χ2v) is 7.21. The smallest absolute Gasteiger partial charge is 0.0186 e. The minimum absolute atomic E-state index is 0.317. The normalized spacial score (nSPS) is 37.2. The molecular formula is C11H23P. The van der Waals surface area contributed by atoms with Crippen molar-refractivity contribution in [1.82, 2.24) is 0 Å². The van der Waals surface area contributed by atoms with Crippen LogP contribution in [-0.4, -0.2) is 19.0 Å². The van der Waals surface area contributed by atoms with E-state index in [4.69, 9.17) is 0 Å². The Balaban J connectivity index is 2.50. The van der Waals surface area contributed by atoms with E-state index in [9.17, 15) is 0 Å². The van der Waals surface area contributed by atoms with Crippen molar-refractivity contribution >= 4 is 7.92 Å². The molecule has 0 nitrogen and oxygen atoms in total. The van der Waals surface area contributed by atoms with Gasteiger partial charge in [-0.15, -0.1) is 7.92 Å². The first-order valence-electron chi connectivity index (χ1n) is 5.31. The Bertz CT molecular complexity index is 131. The highest BCUT2D eigenvalue weighted by atomic mass is 31.1. The van der Waals surface area contributed by atoms with Gasteiger partial charge >= 0.3 is 0 Å². The lowest BCUT2D eigenvalue weighted by molar-refractivity contribution is 0.283. The highest BCUT2D eigenvalue weighted by molar-refractivity contribution is 7.56. The Hall–Kier alpha value is 0.430. The predicted molar refractivity (Wildman–Crippen MR) is 59.4 cm³/mol. The zero-order valence-corrected chi connectivity index (χ0v) is 9.90. The Morgan fingerprint density at radius 2 is 1.92 bits per heavy atom. The fraction of sp³-hybridized carbons (Fsp3) is 1.00. The lowest BCUT2D eigenvalue weighted by atomic mass is 9.81. The van der Waals surface area contributed by atoms with Crippen molar-refractivity contribution in [3.63, 3.8) is 0 Å². The molecule has 0 aromatic carbocycles. The number of rotatable bonds is 2. The van der Waals surface area contributed by atoms with Crippen LogP contribution in [-0.2, 0) is 0 Å². The van der Waals surface area contributed by atoms with Crippen molar-refractivity contribution in [2.75, 3.05) is 13.3 Å². The zero-order valence-electron chi connectivity index (χ0n) is 9.01. The van der Waals surface area contributed by atoms with Gasteiger partial charge in [-0.25, -0.2) is 0 Å². The van der Waals surface area contributed by atoms with E-state index in [0.717, 1.165) is 17.5 Å². The van der Waals surface area contributed by atoms with Gasteiger partial charge in [0.15, 0.2) is 0 Å². The van der Waals surface area contributed by atoms with Crippen molar-refractivity contribution in [1.29, 1.82) is 0 Å². The maximum absolute atomic E-state index is 2.46. The first-order chi connectivity index (χ1) is 5.65. The van der Waals surface area contributed by atoms with Crippen molar-refractivity contribution in [3.05, 3.63) is 0 Å². The summed E-state index contributed by atoms with van der Waals surface area (Å²) in [7, 11) is 0.317. The topological polar surface area (TPSA) is 0 Å². The standard InChI is InChI=1S/C11H23P/c1-5-10-8-9(2)6-7-11(10)12(3)4/h9-11H,5-8H2,1-4H3. The zero-order chi connectivity index (χ0) is 9.14. The van der Waals surface area contributed by atoms with Gasteiger partial charge in [-0.3, -0.25) is 0 Å². The molecule has 1 saturated carbocycles. The van der Waals surface area contributed by atoms with Gasteiger partial charge in [-0.1, -0.05) is 26.7 Å². The Kier molecular flexibility index (Phi) is 4.03. The van der Waals surface area contributed by atoms with E-state index < -0.39 is 0 Å². The first-order valence-corrected chi connectivity index (χ1v) is 7.62. The van der Waals surface area contributed by atoms with Gasteiger partial charge in [0.2, 0.25) is 0 Å². The quantitative estimate of drug-likeness (QED) is 0.573. The van der Waals surface area contributed by atoms with E-state index in [0.29, 0.717) is 7.92 Å². The molecule has 1 aliphatic rings. The Morgan fingerprint density at radius 3 is 2.42 bits per heavy atom. The summed E-state index contributed by atoms with van der Waals surface area (Å²) >= 11 is 0. The molecule has 0 spiro atoms. The molecule has 1 rings (SSSR count). The van der Waals surface area contributed by atoms with Crippen molar-refractivity contribution in [3.8, 4) is 0 Å². The third kappa shape index (κ3) is 2.46. The van der Waals surface area contributed by atoms with Gasteiger partial charge in [0.05, 0.1) is 0 Å². The van der Waals surface area contributed by atoms with Crippen LogP contribution in [0.2, 0.25) is 0 Å². The molecule has 0 aromatic rings. The summed E-state index contributed by atoms with van der Waals surface area (Å²) in [5.74, 6) is 2.05. The van der Waals surface area contributed by atoms with Crippen molar-refractivity contribution in [2.24, 2.45) is 11.8 Å². The summed E-state index contributed by atoms with van der Waals surface area (Å²) in [6.45, 7) is 9.71. The maximum Gasteiger partial charge on any atom is -0.0186 e. The molecule has 0 amide bonds. The fourth-order valence-corrected chi connectivity index (χ4v) is 4.44. The van der Waals surface area contributed by atoms with Crippen LogP contribution in [0.15, 0.2) is 0 Å². The monoisotopic (exact) mass is 186 g/mol. The van der Waals surface area contributed by atoms with E-state index >= 15 is 0 Å². The summed E-state index contributed by atoms with van der Waals surface area (Å²) in [5, 5.41) is 0. The largest absolute Gasteiger partial charge is 0.110 e. The molecule has 0 aliphatic heterocycles. The van der Waals surface area contributed by atoms with Crippen LogP contribution < -0.4 is 0 Å². The highest BCUT2D eigenvalue weighted by Crippen LogP contribution is 2.47. The summed E-state index contributed by atoms with van der Waals surface area (Å²) in [4.78, 5) is 0. The lowest BCUT2D eigenvalue weighted by Gasteiger charge is -2.37. The minimum atomic E-state index is 0.317. The van der Waals surface area contributed by atoms with Crippen LogP contribution in [0.5, 0.6) is 0 Å². The first kappa shape index (κ1) is 10.5. The van der Waals surface area contributed by atoms with Gasteiger partial charge < -0.3 is 0 Å². The SMILES string of the molecule is CCC1CC(C)CCC1P(C)C. The maximum atomic E-state index is 2.46. The third-order valence-corrected chi connectivity index (χ3v) is 5.40. The van der Waals surface area contributed by atoms with Gasteiger partial charge in [-0.05, 0) is 43.7 Å². The summed E-state index contributed by atoms with van der Waals surface area (Å²) in [6, 6.07) is 0. The van der Waals surface area contributed by atoms with Crippen LogP contribution in [0.4, 0.5) is 0 Å². The van der Waals surface area contributed by atoms with E-state index in [1.807, 2.05) is 0 Å². The predicted octanol–water partition coefficient (Wildman–Crippen LogP) is 3.94. The molecule has 1 fully saturated rings. The molecule has 0 aromatic heterocycles.